The summed E-state index contributed by atoms with van der Waals surface area (Å²) in [5.74, 6) is 0. The van der Waals surface area contributed by atoms with Gasteiger partial charge >= 0.3 is 0 Å². The summed E-state index contributed by atoms with van der Waals surface area (Å²) < 4.78 is 0. The van der Waals surface area contributed by atoms with Gasteiger partial charge in [-0.1, -0.05) is 6.92 Å². The van der Waals surface area contributed by atoms with Crippen molar-refractivity contribution in [2.24, 2.45) is 0 Å². The van der Waals surface area contributed by atoms with Gasteiger partial charge in [-0.15, -0.1) is 11.3 Å². The number of fused-ring (bicyclic) bond motifs is 1. The molecular weight excluding hydrogens is 194 g/mol. The summed E-state index contributed by atoms with van der Waals surface area (Å²) in [6.45, 7) is 6.56. The zero-order chi connectivity index (χ0) is 9.97. The molecule has 1 aliphatic rings. The van der Waals surface area contributed by atoms with Crippen LogP contribution in [-0.4, -0.2) is 30.0 Å². The van der Waals surface area contributed by atoms with Crippen molar-refractivity contribution in [3.8, 4) is 0 Å². The Bertz CT molecular complexity index is 308. The molecule has 78 valence electrons. The zero-order valence-corrected chi connectivity index (χ0v) is 9.65. The van der Waals surface area contributed by atoms with Crippen LogP contribution in [0.25, 0.3) is 0 Å². The van der Waals surface area contributed by atoms with Crippen molar-refractivity contribution < 1.29 is 0 Å². The third-order valence-corrected chi connectivity index (χ3v) is 3.71. The van der Waals surface area contributed by atoms with Gasteiger partial charge < -0.3 is 5.32 Å². The summed E-state index contributed by atoms with van der Waals surface area (Å²) in [5.41, 5.74) is 1.34. The molecule has 0 bridgehead atoms. The first-order valence-electron chi connectivity index (χ1n) is 5.18. The number of hydrogen-bond donors (Lipinski definition) is 1. The highest BCUT2D eigenvalue weighted by atomic mass is 32.1. The van der Waals surface area contributed by atoms with Gasteiger partial charge in [0, 0.05) is 30.9 Å². The molecular formula is C10H17N3S. The molecule has 0 fully saturated rings. The maximum absolute atomic E-state index is 4.64. The fourth-order valence-electron chi connectivity index (χ4n) is 1.80. The molecule has 0 atom stereocenters. The SMILES string of the molecule is CCN1CCc2nc(CNC)sc2C1. The predicted molar refractivity (Wildman–Crippen MR) is 59.5 cm³/mol. The molecule has 0 aliphatic carbocycles. The second-order valence-corrected chi connectivity index (χ2v) is 4.79. The van der Waals surface area contributed by atoms with Crippen molar-refractivity contribution in [2.75, 3.05) is 20.1 Å². The normalized spacial score (nSPS) is 17.0. The van der Waals surface area contributed by atoms with E-state index in [9.17, 15) is 0 Å². The molecule has 2 rings (SSSR count). The first kappa shape index (κ1) is 10.1. The number of nitrogens with zero attached hydrogens (tertiary/aromatic N) is 2. The van der Waals surface area contributed by atoms with Crippen LogP contribution in [0.5, 0.6) is 0 Å². The molecule has 0 saturated heterocycles. The van der Waals surface area contributed by atoms with Crippen LogP contribution in [0.4, 0.5) is 0 Å². The van der Waals surface area contributed by atoms with Gasteiger partial charge in [0.1, 0.15) is 5.01 Å². The Labute approximate surface area is 89.1 Å². The van der Waals surface area contributed by atoms with Gasteiger partial charge in [-0.2, -0.15) is 0 Å². The van der Waals surface area contributed by atoms with E-state index < -0.39 is 0 Å². The van der Waals surface area contributed by atoms with Crippen LogP contribution in [0.1, 0.15) is 22.5 Å². The summed E-state index contributed by atoms with van der Waals surface area (Å²) in [4.78, 5) is 8.59. The first-order valence-corrected chi connectivity index (χ1v) is 5.99. The molecule has 1 aromatic rings. The first-order chi connectivity index (χ1) is 6.83. The van der Waals surface area contributed by atoms with Gasteiger partial charge in [0.25, 0.3) is 0 Å². The van der Waals surface area contributed by atoms with E-state index >= 15 is 0 Å². The molecule has 14 heavy (non-hydrogen) atoms. The van der Waals surface area contributed by atoms with Crippen molar-refractivity contribution in [2.45, 2.75) is 26.4 Å². The lowest BCUT2D eigenvalue weighted by atomic mass is 10.2. The number of likely N-dealkylation sites (N-methyl/N-ethyl adjacent to an activating group) is 1. The van der Waals surface area contributed by atoms with E-state index in [1.807, 2.05) is 18.4 Å². The third-order valence-electron chi connectivity index (χ3n) is 2.63. The Morgan fingerprint density at radius 3 is 3.14 bits per heavy atom. The van der Waals surface area contributed by atoms with Crippen molar-refractivity contribution in [3.63, 3.8) is 0 Å². The molecule has 0 amide bonds. The van der Waals surface area contributed by atoms with Crippen molar-refractivity contribution >= 4 is 11.3 Å². The Kier molecular flexibility index (Phi) is 3.15. The van der Waals surface area contributed by atoms with Gasteiger partial charge in [0.15, 0.2) is 0 Å². The summed E-state index contributed by atoms with van der Waals surface area (Å²) in [5, 5.41) is 4.38. The summed E-state index contributed by atoms with van der Waals surface area (Å²) in [6.07, 6.45) is 1.13. The van der Waals surface area contributed by atoms with E-state index in [-0.39, 0.29) is 0 Å². The average molecular weight is 211 g/mol. The van der Waals surface area contributed by atoms with Crippen LogP contribution in [-0.2, 0) is 19.5 Å². The third kappa shape index (κ3) is 1.97. The average Bonchev–Trinajstić information content (AvgIpc) is 2.59. The zero-order valence-electron chi connectivity index (χ0n) is 8.84. The van der Waals surface area contributed by atoms with E-state index in [0.717, 1.165) is 26.1 Å². The van der Waals surface area contributed by atoms with Crippen LogP contribution in [0, 0.1) is 0 Å². The van der Waals surface area contributed by atoms with Crippen molar-refractivity contribution in [3.05, 3.63) is 15.6 Å². The minimum atomic E-state index is 0.907. The van der Waals surface area contributed by atoms with Crippen LogP contribution in [0.15, 0.2) is 0 Å². The van der Waals surface area contributed by atoms with Gasteiger partial charge in [0.2, 0.25) is 0 Å². The quantitative estimate of drug-likeness (QED) is 0.815. The molecule has 0 spiro atoms. The second kappa shape index (κ2) is 4.38. The maximum Gasteiger partial charge on any atom is 0.107 e. The van der Waals surface area contributed by atoms with Gasteiger partial charge in [-0.3, -0.25) is 4.90 Å². The van der Waals surface area contributed by atoms with Crippen molar-refractivity contribution in [1.29, 1.82) is 0 Å². The lowest BCUT2D eigenvalue weighted by Crippen LogP contribution is -2.29. The smallest absolute Gasteiger partial charge is 0.107 e. The van der Waals surface area contributed by atoms with Gasteiger partial charge in [0.05, 0.1) is 5.69 Å². The Balaban J connectivity index is 2.12. The molecule has 0 saturated carbocycles. The van der Waals surface area contributed by atoms with Crippen LogP contribution < -0.4 is 5.32 Å². The number of aromatic nitrogens is 1. The molecule has 0 aromatic carbocycles. The Hall–Kier alpha value is -0.450. The fourth-order valence-corrected chi connectivity index (χ4v) is 2.97. The number of rotatable bonds is 3. The highest BCUT2D eigenvalue weighted by molar-refractivity contribution is 7.11. The molecule has 0 radical (unpaired) electrons. The minimum Gasteiger partial charge on any atom is -0.314 e. The topological polar surface area (TPSA) is 28.2 Å². The molecule has 4 heteroatoms. The van der Waals surface area contributed by atoms with Gasteiger partial charge in [-0.05, 0) is 13.6 Å². The molecule has 3 nitrogen and oxygen atoms in total. The van der Waals surface area contributed by atoms with Crippen LogP contribution in [0.3, 0.4) is 0 Å². The molecule has 1 aromatic heterocycles. The molecule has 2 heterocycles. The lowest BCUT2D eigenvalue weighted by Gasteiger charge is -2.23. The maximum atomic E-state index is 4.64. The summed E-state index contributed by atoms with van der Waals surface area (Å²) in [7, 11) is 1.97. The monoisotopic (exact) mass is 211 g/mol. The molecule has 1 aliphatic heterocycles. The highest BCUT2D eigenvalue weighted by Crippen LogP contribution is 2.24. The summed E-state index contributed by atoms with van der Waals surface area (Å²) >= 11 is 1.86. The highest BCUT2D eigenvalue weighted by Gasteiger charge is 2.18. The minimum absolute atomic E-state index is 0.907. The molecule has 0 unspecified atom stereocenters. The predicted octanol–water partition coefficient (Wildman–Crippen LogP) is 1.24. The number of nitrogens with one attached hydrogen (secondary N) is 1. The standard InChI is InChI=1S/C10H17N3S/c1-3-13-5-4-8-9(7-13)14-10(12-8)6-11-2/h11H,3-7H2,1-2H3. The van der Waals surface area contributed by atoms with E-state index in [1.165, 1.54) is 22.1 Å². The Morgan fingerprint density at radius 1 is 1.57 bits per heavy atom. The van der Waals surface area contributed by atoms with E-state index in [4.69, 9.17) is 0 Å². The van der Waals surface area contributed by atoms with E-state index in [0.29, 0.717) is 0 Å². The van der Waals surface area contributed by atoms with E-state index in [2.05, 4.69) is 22.1 Å². The van der Waals surface area contributed by atoms with Crippen molar-refractivity contribution in [1.82, 2.24) is 15.2 Å². The number of hydrogen-bond acceptors (Lipinski definition) is 4. The Morgan fingerprint density at radius 2 is 2.43 bits per heavy atom. The number of thiazole rings is 1. The molecule has 1 N–H and O–H groups in total. The van der Waals surface area contributed by atoms with Crippen LogP contribution >= 0.6 is 11.3 Å². The van der Waals surface area contributed by atoms with Crippen LogP contribution in [0.2, 0.25) is 0 Å². The van der Waals surface area contributed by atoms with E-state index in [1.54, 1.807) is 0 Å². The van der Waals surface area contributed by atoms with Gasteiger partial charge in [-0.25, -0.2) is 4.98 Å². The lowest BCUT2D eigenvalue weighted by molar-refractivity contribution is 0.269. The second-order valence-electron chi connectivity index (χ2n) is 3.63. The fraction of sp³-hybridized carbons (Fsp3) is 0.700. The summed E-state index contributed by atoms with van der Waals surface area (Å²) in [6, 6.07) is 0. The largest absolute Gasteiger partial charge is 0.314 e.